The highest BCUT2D eigenvalue weighted by Gasteiger charge is 2.27. The number of rotatable bonds is 5. The van der Waals surface area contributed by atoms with Crippen molar-refractivity contribution in [1.29, 1.82) is 0 Å². The van der Waals surface area contributed by atoms with Crippen LogP contribution in [0.2, 0.25) is 0 Å². The van der Waals surface area contributed by atoms with Crippen LogP contribution in [0.1, 0.15) is 10.4 Å². The quantitative estimate of drug-likeness (QED) is 0.642. The number of carboxylic acid groups (broad SMARTS) is 1. The van der Waals surface area contributed by atoms with Crippen LogP contribution in [-0.4, -0.2) is 62.2 Å². The van der Waals surface area contributed by atoms with E-state index in [4.69, 9.17) is 9.47 Å². The second-order valence-electron chi connectivity index (χ2n) is 6.90. The molecule has 0 spiro atoms. The zero-order valence-corrected chi connectivity index (χ0v) is 17.4. The summed E-state index contributed by atoms with van der Waals surface area (Å²) in [5, 5.41) is 9.92. The van der Waals surface area contributed by atoms with Crippen molar-refractivity contribution in [2.75, 3.05) is 33.4 Å². The summed E-state index contributed by atoms with van der Waals surface area (Å²) in [6, 6.07) is 9.67. The van der Waals surface area contributed by atoms with Gasteiger partial charge in [0.15, 0.2) is 11.6 Å². The van der Waals surface area contributed by atoms with Gasteiger partial charge in [0.2, 0.25) is 10.0 Å². The van der Waals surface area contributed by atoms with E-state index in [9.17, 15) is 22.7 Å². The molecule has 10 heteroatoms. The van der Waals surface area contributed by atoms with Crippen LogP contribution in [0, 0.1) is 5.82 Å². The minimum atomic E-state index is -3.80. The van der Waals surface area contributed by atoms with E-state index in [0.717, 1.165) is 0 Å². The van der Waals surface area contributed by atoms with Crippen LogP contribution in [0.15, 0.2) is 47.4 Å². The van der Waals surface area contributed by atoms with Crippen molar-refractivity contribution in [2.45, 2.75) is 4.90 Å². The third-order valence-electron chi connectivity index (χ3n) is 5.07. The zero-order chi connectivity index (χ0) is 22.2. The second kappa shape index (κ2) is 8.22. The molecule has 2 aromatic carbocycles. The molecule has 1 saturated heterocycles. The van der Waals surface area contributed by atoms with E-state index in [2.05, 4.69) is 4.98 Å². The van der Waals surface area contributed by atoms with Gasteiger partial charge in [0.05, 0.1) is 42.0 Å². The molecule has 1 aliphatic heterocycles. The predicted octanol–water partition coefficient (Wildman–Crippen LogP) is 2.77. The first-order chi connectivity index (χ1) is 14.8. The molecule has 1 N–H and O–H groups in total. The maximum absolute atomic E-state index is 14.1. The number of morpholine rings is 1. The Kier molecular flexibility index (Phi) is 5.61. The largest absolute Gasteiger partial charge is 0.494 e. The highest BCUT2D eigenvalue weighted by molar-refractivity contribution is 7.89. The molecule has 0 aliphatic carbocycles. The fourth-order valence-electron chi connectivity index (χ4n) is 3.45. The van der Waals surface area contributed by atoms with Crippen LogP contribution in [0.4, 0.5) is 4.39 Å². The Morgan fingerprint density at radius 1 is 1.16 bits per heavy atom. The zero-order valence-electron chi connectivity index (χ0n) is 16.5. The number of nitrogens with zero attached hydrogens (tertiary/aromatic N) is 2. The fraction of sp³-hybridized carbons (Fsp3) is 0.238. The van der Waals surface area contributed by atoms with E-state index in [1.807, 2.05) is 0 Å². The average Bonchev–Trinajstić information content (AvgIpc) is 2.78. The number of aromatic carboxylic acids is 1. The second-order valence-corrected chi connectivity index (χ2v) is 8.84. The standard InChI is InChI=1S/C21H19FN2O6S/c1-29-20-5-2-13(10-17(20)22)19-12-16(21(25)26)15-11-14(3-4-18(15)23-19)31(27,28)24-6-8-30-9-7-24/h2-5,10-12H,6-9H2,1H3,(H,25,26). The molecule has 31 heavy (non-hydrogen) atoms. The summed E-state index contributed by atoms with van der Waals surface area (Å²) in [7, 11) is -2.46. The van der Waals surface area contributed by atoms with Gasteiger partial charge in [-0.25, -0.2) is 22.6 Å². The number of ether oxygens (including phenoxy) is 2. The number of methoxy groups -OCH3 is 1. The third kappa shape index (κ3) is 3.97. The van der Waals surface area contributed by atoms with Gasteiger partial charge in [-0.3, -0.25) is 0 Å². The first-order valence-electron chi connectivity index (χ1n) is 9.41. The molecule has 0 unspecified atom stereocenters. The van der Waals surface area contributed by atoms with E-state index in [1.54, 1.807) is 6.07 Å². The lowest BCUT2D eigenvalue weighted by molar-refractivity contribution is 0.0699. The third-order valence-corrected chi connectivity index (χ3v) is 6.96. The number of pyridine rings is 1. The highest BCUT2D eigenvalue weighted by Crippen LogP contribution is 2.30. The lowest BCUT2D eigenvalue weighted by atomic mass is 10.0. The molecule has 8 nitrogen and oxygen atoms in total. The minimum Gasteiger partial charge on any atom is -0.494 e. The Balaban J connectivity index is 1.83. The number of carbonyl (C=O) groups is 1. The van der Waals surface area contributed by atoms with Crippen molar-refractivity contribution in [2.24, 2.45) is 0 Å². The first-order valence-corrected chi connectivity index (χ1v) is 10.8. The van der Waals surface area contributed by atoms with Gasteiger partial charge in [-0.05, 0) is 42.5 Å². The maximum Gasteiger partial charge on any atom is 0.336 e. The Morgan fingerprint density at radius 3 is 2.55 bits per heavy atom. The summed E-state index contributed by atoms with van der Waals surface area (Å²) in [6.07, 6.45) is 0. The van der Waals surface area contributed by atoms with Gasteiger partial charge in [0.1, 0.15) is 0 Å². The van der Waals surface area contributed by atoms with E-state index in [0.29, 0.717) is 18.8 Å². The number of benzene rings is 2. The van der Waals surface area contributed by atoms with Gasteiger partial charge < -0.3 is 14.6 Å². The van der Waals surface area contributed by atoms with E-state index < -0.39 is 21.8 Å². The van der Waals surface area contributed by atoms with Crippen molar-refractivity contribution < 1.29 is 32.2 Å². The van der Waals surface area contributed by atoms with Crippen molar-refractivity contribution >= 4 is 26.9 Å². The fourth-order valence-corrected chi connectivity index (χ4v) is 4.89. The number of carboxylic acids is 1. The molecule has 1 aromatic heterocycles. The number of halogens is 1. The van der Waals surface area contributed by atoms with Crippen LogP contribution in [0.3, 0.4) is 0 Å². The first kappa shape index (κ1) is 21.2. The van der Waals surface area contributed by atoms with Gasteiger partial charge in [0.25, 0.3) is 0 Å². The van der Waals surface area contributed by atoms with E-state index in [1.165, 1.54) is 47.8 Å². The molecule has 1 fully saturated rings. The van der Waals surface area contributed by atoms with Gasteiger partial charge in [-0.15, -0.1) is 0 Å². The van der Waals surface area contributed by atoms with Crippen LogP contribution < -0.4 is 4.74 Å². The molecule has 4 rings (SSSR count). The van der Waals surface area contributed by atoms with Crippen LogP contribution in [-0.2, 0) is 14.8 Å². The molecule has 0 amide bonds. The summed E-state index contributed by atoms with van der Waals surface area (Å²) >= 11 is 0. The molecule has 2 heterocycles. The monoisotopic (exact) mass is 446 g/mol. The number of aromatic nitrogens is 1. The SMILES string of the molecule is COc1ccc(-c2cc(C(=O)O)c3cc(S(=O)(=O)N4CCOCC4)ccc3n2)cc1F. The lowest BCUT2D eigenvalue weighted by Crippen LogP contribution is -2.40. The summed E-state index contributed by atoms with van der Waals surface area (Å²) in [5.41, 5.74) is 0.769. The van der Waals surface area contributed by atoms with Gasteiger partial charge in [-0.1, -0.05) is 0 Å². The molecule has 3 aromatic rings. The maximum atomic E-state index is 14.1. The highest BCUT2D eigenvalue weighted by atomic mass is 32.2. The van der Waals surface area contributed by atoms with Crippen molar-refractivity contribution in [1.82, 2.24) is 9.29 Å². The smallest absolute Gasteiger partial charge is 0.336 e. The topological polar surface area (TPSA) is 106 Å². The molecular weight excluding hydrogens is 427 g/mol. The summed E-state index contributed by atoms with van der Waals surface area (Å²) < 4.78 is 51.4. The Morgan fingerprint density at radius 2 is 1.90 bits per heavy atom. The predicted molar refractivity (Wildman–Crippen MR) is 110 cm³/mol. The molecule has 0 saturated carbocycles. The molecule has 0 atom stereocenters. The lowest BCUT2D eigenvalue weighted by Gasteiger charge is -2.26. The van der Waals surface area contributed by atoms with E-state index in [-0.39, 0.29) is 45.9 Å². The Bertz CT molecular complexity index is 1270. The van der Waals surface area contributed by atoms with Gasteiger partial charge in [0, 0.05) is 24.0 Å². The van der Waals surface area contributed by atoms with E-state index >= 15 is 0 Å². The van der Waals surface area contributed by atoms with Crippen LogP contribution in [0.5, 0.6) is 5.75 Å². The van der Waals surface area contributed by atoms with Crippen molar-refractivity contribution in [3.63, 3.8) is 0 Å². The molecular formula is C21H19FN2O6S. The molecule has 162 valence electrons. The Labute approximate surface area is 177 Å². The summed E-state index contributed by atoms with van der Waals surface area (Å²) in [5.74, 6) is -1.80. The van der Waals surface area contributed by atoms with Gasteiger partial charge in [-0.2, -0.15) is 4.31 Å². The molecule has 1 aliphatic rings. The minimum absolute atomic E-state index is 0.0190. The van der Waals surface area contributed by atoms with Crippen molar-refractivity contribution in [3.05, 3.63) is 53.8 Å². The molecule has 0 radical (unpaired) electrons. The number of hydrogen-bond acceptors (Lipinski definition) is 6. The summed E-state index contributed by atoms with van der Waals surface area (Å²) in [4.78, 5) is 16.3. The summed E-state index contributed by atoms with van der Waals surface area (Å²) in [6.45, 7) is 1.06. The van der Waals surface area contributed by atoms with Crippen LogP contribution in [0.25, 0.3) is 22.2 Å². The number of hydrogen-bond donors (Lipinski definition) is 1. The van der Waals surface area contributed by atoms with Crippen LogP contribution >= 0.6 is 0 Å². The number of fused-ring (bicyclic) bond motifs is 1. The number of sulfonamides is 1. The van der Waals surface area contributed by atoms with Crippen molar-refractivity contribution in [3.8, 4) is 17.0 Å². The molecule has 0 bridgehead atoms. The van der Waals surface area contributed by atoms with Gasteiger partial charge >= 0.3 is 5.97 Å². The average molecular weight is 446 g/mol. The Hall–Kier alpha value is -3.08. The normalized spacial score (nSPS) is 15.2.